The first-order chi connectivity index (χ1) is 7.66. The van der Waals surface area contributed by atoms with Crippen LogP contribution in [-0.4, -0.2) is 30.8 Å². The predicted molar refractivity (Wildman–Crippen MR) is 64.6 cm³/mol. The summed E-state index contributed by atoms with van der Waals surface area (Å²) < 4.78 is 0.507. The summed E-state index contributed by atoms with van der Waals surface area (Å²) in [6.45, 7) is 4.15. The van der Waals surface area contributed by atoms with E-state index in [9.17, 15) is 4.79 Å². The molecule has 0 radical (unpaired) electrons. The van der Waals surface area contributed by atoms with Gasteiger partial charge in [0.1, 0.15) is 20.1 Å². The van der Waals surface area contributed by atoms with Crippen LogP contribution in [0.25, 0.3) is 0 Å². The Bertz CT molecular complexity index is 210. The highest BCUT2D eigenvalue weighted by molar-refractivity contribution is 5.68. The molecule has 1 saturated heterocycles. The molecule has 1 aliphatic rings. The second-order valence-corrected chi connectivity index (χ2v) is 5.08. The molecule has 0 N–H and O–H groups in total. The number of nitrogens with zero attached hydrogens (tertiary/aromatic N) is 1. The minimum Gasteiger partial charge on any atom is -0.277 e. The fourth-order valence-electron chi connectivity index (χ4n) is 2.26. The Balaban J connectivity index is 2.17. The molecule has 0 unspecified atom stereocenters. The van der Waals surface area contributed by atoms with E-state index in [-0.39, 0.29) is 5.97 Å². The quantitative estimate of drug-likeness (QED) is 0.516. The molecule has 3 nitrogen and oxygen atoms in total. The van der Waals surface area contributed by atoms with Gasteiger partial charge in [-0.05, 0) is 12.8 Å². The molecule has 0 saturated carbocycles. The maximum absolute atomic E-state index is 11.6. The average Bonchev–Trinajstić information content (AvgIpc) is 2.25. The van der Waals surface area contributed by atoms with E-state index in [1.165, 1.54) is 32.1 Å². The second-order valence-electron chi connectivity index (χ2n) is 5.08. The number of rotatable bonds is 6. The van der Waals surface area contributed by atoms with Crippen LogP contribution in [0.5, 0.6) is 0 Å². The van der Waals surface area contributed by atoms with Gasteiger partial charge >= 0.3 is 5.97 Å². The highest BCUT2D eigenvalue weighted by atomic mass is 16.7. The van der Waals surface area contributed by atoms with Crippen molar-refractivity contribution in [2.45, 2.75) is 58.3 Å². The first-order valence-electron chi connectivity index (χ1n) is 6.73. The highest BCUT2D eigenvalue weighted by Crippen LogP contribution is 2.17. The van der Waals surface area contributed by atoms with Crippen molar-refractivity contribution in [2.24, 2.45) is 0 Å². The summed E-state index contributed by atoms with van der Waals surface area (Å²) in [6.07, 6.45) is 8.79. The summed E-state index contributed by atoms with van der Waals surface area (Å²) in [5.74, 6) is -0.0134. The van der Waals surface area contributed by atoms with Crippen molar-refractivity contribution in [2.75, 3.05) is 20.1 Å². The molecule has 0 aromatic carbocycles. The van der Waals surface area contributed by atoms with Gasteiger partial charge in [-0.1, -0.05) is 26.2 Å². The fraction of sp³-hybridized carbons (Fsp3) is 0.923. The Morgan fingerprint density at radius 2 is 1.81 bits per heavy atom. The molecule has 3 heteroatoms. The van der Waals surface area contributed by atoms with Gasteiger partial charge in [-0.2, -0.15) is 0 Å². The van der Waals surface area contributed by atoms with Gasteiger partial charge in [0.2, 0.25) is 0 Å². The molecular weight excluding hydrogens is 202 g/mol. The van der Waals surface area contributed by atoms with Crippen LogP contribution < -0.4 is 0 Å². The molecule has 0 amide bonds. The number of hydroxylamine groups is 3. The Morgan fingerprint density at radius 1 is 1.12 bits per heavy atom. The van der Waals surface area contributed by atoms with Gasteiger partial charge in [-0.15, -0.1) is 4.65 Å². The fourth-order valence-corrected chi connectivity index (χ4v) is 2.26. The molecule has 0 atom stereocenters. The van der Waals surface area contributed by atoms with Crippen LogP contribution in [-0.2, 0) is 9.63 Å². The number of hydrogen-bond acceptors (Lipinski definition) is 2. The van der Waals surface area contributed by atoms with Crippen molar-refractivity contribution in [3.63, 3.8) is 0 Å². The van der Waals surface area contributed by atoms with Crippen molar-refractivity contribution < 1.29 is 14.3 Å². The summed E-state index contributed by atoms with van der Waals surface area (Å²) in [5.41, 5.74) is 0. The largest absolute Gasteiger partial charge is 0.366 e. The van der Waals surface area contributed by atoms with E-state index in [0.29, 0.717) is 11.1 Å². The number of unbranched alkanes of at least 4 members (excludes halogenated alkanes) is 3. The van der Waals surface area contributed by atoms with Crippen molar-refractivity contribution in [1.29, 1.82) is 0 Å². The van der Waals surface area contributed by atoms with Crippen LogP contribution in [0.1, 0.15) is 58.3 Å². The SMILES string of the molecule is CCCCCCC(=O)O[N+]1(C)CCCCC1. The van der Waals surface area contributed by atoms with Gasteiger partial charge < -0.3 is 0 Å². The maximum Gasteiger partial charge on any atom is 0.366 e. The van der Waals surface area contributed by atoms with Crippen molar-refractivity contribution in [1.82, 2.24) is 0 Å². The van der Waals surface area contributed by atoms with Crippen LogP contribution in [0, 0.1) is 0 Å². The summed E-state index contributed by atoms with van der Waals surface area (Å²) in [6, 6.07) is 0. The number of likely N-dealkylation sites (tertiary alicyclic amines) is 1. The van der Waals surface area contributed by atoms with E-state index >= 15 is 0 Å². The van der Waals surface area contributed by atoms with E-state index in [1.54, 1.807) is 0 Å². The highest BCUT2D eigenvalue weighted by Gasteiger charge is 2.29. The first kappa shape index (κ1) is 13.5. The van der Waals surface area contributed by atoms with Gasteiger partial charge in [0.05, 0.1) is 6.42 Å². The lowest BCUT2D eigenvalue weighted by Crippen LogP contribution is -2.49. The summed E-state index contributed by atoms with van der Waals surface area (Å²) in [7, 11) is 2.03. The van der Waals surface area contributed by atoms with Crippen LogP contribution in [0.2, 0.25) is 0 Å². The molecule has 0 aromatic heterocycles. The number of quaternary nitrogens is 1. The Hall–Kier alpha value is -0.570. The Labute approximate surface area is 99.3 Å². The second kappa shape index (κ2) is 6.89. The monoisotopic (exact) mass is 228 g/mol. The van der Waals surface area contributed by atoms with Gasteiger partial charge in [0.25, 0.3) is 0 Å². The minimum atomic E-state index is -0.0134. The Kier molecular flexibility index (Phi) is 5.81. The lowest BCUT2D eigenvalue weighted by atomic mass is 10.1. The van der Waals surface area contributed by atoms with Crippen LogP contribution in [0.15, 0.2) is 0 Å². The first-order valence-corrected chi connectivity index (χ1v) is 6.73. The molecule has 0 bridgehead atoms. The molecule has 0 aliphatic carbocycles. The van der Waals surface area contributed by atoms with Crippen molar-refractivity contribution in [3.8, 4) is 0 Å². The third-order valence-electron chi connectivity index (χ3n) is 3.32. The van der Waals surface area contributed by atoms with Crippen LogP contribution in [0.4, 0.5) is 0 Å². The molecule has 0 spiro atoms. The lowest BCUT2D eigenvalue weighted by Gasteiger charge is -2.33. The van der Waals surface area contributed by atoms with E-state index in [1.807, 2.05) is 7.05 Å². The van der Waals surface area contributed by atoms with Gasteiger partial charge in [0.15, 0.2) is 0 Å². The average molecular weight is 228 g/mol. The molecular formula is C13H26NO2+. The van der Waals surface area contributed by atoms with Gasteiger partial charge in [-0.3, -0.25) is 4.84 Å². The van der Waals surface area contributed by atoms with Gasteiger partial charge in [0, 0.05) is 12.8 Å². The summed E-state index contributed by atoms with van der Waals surface area (Å²) in [5, 5.41) is 0. The minimum absolute atomic E-state index is 0.0134. The van der Waals surface area contributed by atoms with Gasteiger partial charge in [-0.25, -0.2) is 4.79 Å². The molecule has 94 valence electrons. The zero-order valence-corrected chi connectivity index (χ0v) is 10.8. The molecule has 1 aliphatic heterocycles. The molecule has 16 heavy (non-hydrogen) atoms. The number of carbonyl (C=O) groups is 1. The maximum atomic E-state index is 11.6. The number of hydrogen-bond donors (Lipinski definition) is 0. The third kappa shape index (κ3) is 4.97. The summed E-state index contributed by atoms with van der Waals surface area (Å²) in [4.78, 5) is 17.2. The molecule has 1 rings (SSSR count). The predicted octanol–water partition coefficient (Wildman–Crippen LogP) is 3.05. The van der Waals surface area contributed by atoms with E-state index in [4.69, 9.17) is 4.84 Å². The van der Waals surface area contributed by atoms with E-state index in [0.717, 1.165) is 25.9 Å². The van der Waals surface area contributed by atoms with E-state index < -0.39 is 0 Å². The standard InChI is InChI=1S/C13H26NO2/c1-3-4-5-7-10-13(15)16-14(2)11-8-6-9-12-14/h3-12H2,1-2H3/q+1. The van der Waals surface area contributed by atoms with Crippen molar-refractivity contribution >= 4 is 5.97 Å². The van der Waals surface area contributed by atoms with E-state index in [2.05, 4.69) is 6.92 Å². The van der Waals surface area contributed by atoms with Crippen LogP contribution in [0.3, 0.4) is 0 Å². The third-order valence-corrected chi connectivity index (χ3v) is 3.32. The lowest BCUT2D eigenvalue weighted by molar-refractivity contribution is -1.08. The van der Waals surface area contributed by atoms with Crippen molar-refractivity contribution in [3.05, 3.63) is 0 Å². The number of carbonyl (C=O) groups excluding carboxylic acids is 1. The topological polar surface area (TPSA) is 26.3 Å². The number of piperidine rings is 1. The zero-order valence-electron chi connectivity index (χ0n) is 10.8. The molecule has 1 fully saturated rings. The smallest absolute Gasteiger partial charge is 0.277 e. The normalized spacial score (nSPS) is 19.4. The summed E-state index contributed by atoms with van der Waals surface area (Å²) >= 11 is 0. The van der Waals surface area contributed by atoms with Crippen LogP contribution >= 0.6 is 0 Å². The molecule has 1 heterocycles. The molecule has 0 aromatic rings. The Morgan fingerprint density at radius 3 is 2.44 bits per heavy atom. The zero-order chi connectivity index (χ0) is 11.9.